The van der Waals surface area contributed by atoms with E-state index in [1.807, 2.05) is 20.8 Å². The average molecular weight is 1390 g/mol. The number of anilines is 3. The number of H-pyrrole nitrogens is 3. The highest BCUT2D eigenvalue weighted by Crippen LogP contribution is 2.60. The van der Waals surface area contributed by atoms with Crippen molar-refractivity contribution in [2.45, 2.75) is 252 Å². The van der Waals surface area contributed by atoms with Gasteiger partial charge in [0.15, 0.2) is 52.2 Å². The fourth-order valence-corrected chi connectivity index (χ4v) is 17.6. The number of nitrogens with two attached hydrogens (primary N) is 3. The van der Waals surface area contributed by atoms with E-state index in [4.69, 9.17) is 80.3 Å². The van der Waals surface area contributed by atoms with Crippen LogP contribution in [0.5, 0.6) is 0 Å². The van der Waals surface area contributed by atoms with Gasteiger partial charge in [0, 0.05) is 19.3 Å². The van der Waals surface area contributed by atoms with Crippen LogP contribution in [0.15, 0.2) is 33.4 Å². The number of rotatable bonds is 13. The first-order chi connectivity index (χ1) is 43.6. The van der Waals surface area contributed by atoms with E-state index in [-0.39, 0.29) is 85.3 Å². The monoisotopic (exact) mass is 1390 g/mol. The second kappa shape index (κ2) is 25.2. The number of fused-ring (bicyclic) bond motifs is 9. The number of imidazole rings is 3. The van der Waals surface area contributed by atoms with E-state index in [0.717, 1.165) is 12.8 Å². The van der Waals surface area contributed by atoms with Crippen LogP contribution in [0.1, 0.15) is 182 Å². The van der Waals surface area contributed by atoms with Crippen LogP contribution < -0.4 is 33.9 Å². The number of aromatic amines is 3. The van der Waals surface area contributed by atoms with Crippen molar-refractivity contribution in [3.63, 3.8) is 0 Å². The summed E-state index contributed by atoms with van der Waals surface area (Å²) in [5.74, 6) is -0.0532. The van der Waals surface area contributed by atoms with Gasteiger partial charge in [-0.15, -0.1) is 0 Å². The number of aromatic nitrogens is 12. The van der Waals surface area contributed by atoms with Gasteiger partial charge in [-0.2, -0.15) is 15.0 Å². The summed E-state index contributed by atoms with van der Waals surface area (Å²) >= 11 is 5.36. The van der Waals surface area contributed by atoms with Crippen molar-refractivity contribution in [1.82, 2.24) is 58.6 Å². The predicted octanol–water partition coefficient (Wildman–Crippen LogP) is 7.49. The molecular weight excluding hydrogens is 1300 g/mol. The van der Waals surface area contributed by atoms with Gasteiger partial charge in [0.05, 0.1) is 55.6 Å². The zero-order valence-corrected chi connectivity index (χ0v) is 60.0. The zero-order valence-electron chi connectivity index (χ0n) is 57.4. The minimum Gasteiger partial charge on any atom is -0.371 e. The minimum atomic E-state index is -4.47. The highest BCUT2D eigenvalue weighted by atomic mass is 32.5. The molecular formula is C60H95N15O17P2S. The molecule has 11 N–H and O–H groups in total. The summed E-state index contributed by atoms with van der Waals surface area (Å²) in [4.78, 5) is 90.9. The number of hydrogen-bond acceptors (Lipinski definition) is 25. The molecule has 6 fully saturated rings. The third-order valence-corrected chi connectivity index (χ3v) is 19.3. The van der Waals surface area contributed by atoms with Gasteiger partial charge in [-0.05, 0) is 110 Å². The summed E-state index contributed by atoms with van der Waals surface area (Å²) in [7, 11) is -4.47. The van der Waals surface area contributed by atoms with Crippen molar-refractivity contribution >= 4 is 77.7 Å². The Hall–Kier alpha value is -5.19. The maximum absolute atomic E-state index is 12.9. The van der Waals surface area contributed by atoms with Gasteiger partial charge in [-0.1, -0.05) is 62.3 Å². The molecule has 0 radical (unpaired) electrons. The molecule has 6 aliphatic heterocycles. The molecule has 12 rings (SSSR count). The first-order valence-corrected chi connectivity index (χ1v) is 35.8. The molecule has 0 aromatic carbocycles. The Balaban J connectivity index is 0.000000156. The maximum atomic E-state index is 12.9. The second-order valence-corrected chi connectivity index (χ2v) is 36.1. The summed E-state index contributed by atoms with van der Waals surface area (Å²) in [6, 6.07) is 0. The SMILES string of the molecule is CC(C)(C)C[C@@]12CCOC([C@H](n3cnc4c(=O)[nH]c(N)nc43)O1)[C@H]2OC(C)(C)C.CC(C)(C)C[C@@]12CCOC([C@H](n3cnc4c(=O)[nH]c(N)nc43)O1)[C@H]2OP(=O)(O)OC(C)(C)C.CC(C)(C)C[C@@]12CCOC([C@H](n3cnc4c(=O)[nH]c(N)nc43)O1)[C@H]2OP(O)(=S)OC(C)(C)C. The first-order valence-electron chi connectivity index (χ1n) is 31.7. The standard InChI is InChI=1S/C20H32N5O7P.C20H32N5O6PS.C20H31N5O4/c1-18(2,3)9-20-7-8-29-12(13(20)31-33(27,28)32-19(4,5)6)16(30-20)25-10-22-11-14(25)23-17(21)24-15(11)26;1-18(2,3)9-20-7-8-28-12(13(20)30-32(27,33)31-19(4,5)6)16(29-20)25-10-22-11-14(25)23-17(21)24-15(11)26;1-18(2,3)9-20-7-8-27-12(13(20)28-19(4,5)6)16(29-20)25-10-22-11-14(25)23-17(21)24-15(11)26/h10,12-13,16H,7-9H2,1-6H3,(H,27,28)(H3,21,23,24,26);10,12-13,16H,7-9H2,1-6H3,(H,27,33)(H3,21,23,24,26);10,12-13,16H,7-9H2,1-6H3,(H3,21,23,24,26)/t12?,13-,16-,20-;12?,13-,16-,20-,32?;12?,13-,16-,20-/m111/s1. The molecule has 14 atom stereocenters. The Morgan fingerprint density at radius 3 is 1.13 bits per heavy atom. The number of nitrogens with one attached hydrogen (secondary N) is 3. The molecule has 32 nitrogen and oxygen atoms in total. The molecule has 528 valence electrons. The molecule has 6 aliphatic rings. The number of phosphoric ester groups is 1. The molecule has 6 aromatic rings. The molecule has 12 heterocycles. The average Bonchev–Trinajstić information content (AvgIpc) is 1.59. The van der Waals surface area contributed by atoms with E-state index in [2.05, 4.69) is 107 Å². The minimum absolute atomic E-state index is 0.0298. The molecule has 0 amide bonds. The predicted molar refractivity (Wildman–Crippen MR) is 354 cm³/mol. The van der Waals surface area contributed by atoms with Gasteiger partial charge < -0.3 is 64.7 Å². The van der Waals surface area contributed by atoms with Crippen LogP contribution in [0.3, 0.4) is 0 Å². The van der Waals surface area contributed by atoms with Crippen LogP contribution in [-0.2, 0) is 67.6 Å². The summed E-state index contributed by atoms with van der Waals surface area (Å²) in [6.07, 6.45) is 2.49. The number of nitrogen functional groups attached to an aromatic ring is 3. The van der Waals surface area contributed by atoms with Crippen LogP contribution in [0.2, 0.25) is 0 Å². The fourth-order valence-electron chi connectivity index (χ4n) is 14.0. The molecule has 6 aromatic heterocycles. The number of phosphoric acid groups is 1. The molecule has 35 heteroatoms. The largest absolute Gasteiger partial charge is 0.473 e. The van der Waals surface area contributed by atoms with Crippen molar-refractivity contribution in [1.29, 1.82) is 0 Å². The van der Waals surface area contributed by atoms with Gasteiger partial charge in [0.25, 0.3) is 16.7 Å². The number of hydrogen-bond donors (Lipinski definition) is 8. The van der Waals surface area contributed by atoms with Crippen molar-refractivity contribution in [2.75, 3.05) is 37.0 Å². The molecule has 0 spiro atoms. The molecule has 95 heavy (non-hydrogen) atoms. The molecule has 0 saturated carbocycles. The fraction of sp³-hybridized carbons (Fsp3) is 0.750. The Kier molecular flexibility index (Phi) is 19.3. The summed E-state index contributed by atoms with van der Waals surface area (Å²) < 4.78 is 85.6. The first kappa shape index (κ1) is 72.6. The van der Waals surface area contributed by atoms with Crippen LogP contribution in [-0.4, -0.2) is 158 Å². The molecule has 6 saturated heterocycles. The molecule has 6 bridgehead atoms. The van der Waals surface area contributed by atoms with Gasteiger partial charge in [0.1, 0.15) is 53.4 Å². The smallest absolute Gasteiger partial charge is 0.371 e. The van der Waals surface area contributed by atoms with E-state index in [1.165, 1.54) is 12.7 Å². The maximum Gasteiger partial charge on any atom is 0.473 e. The second-order valence-electron chi connectivity index (χ2n) is 32.1. The van der Waals surface area contributed by atoms with Crippen molar-refractivity contribution in [2.24, 2.45) is 16.2 Å². The Bertz CT molecular complexity index is 3920. The van der Waals surface area contributed by atoms with Gasteiger partial charge in [-0.25, -0.2) is 19.5 Å². The highest BCUT2D eigenvalue weighted by molar-refractivity contribution is 8.07. The van der Waals surface area contributed by atoms with Gasteiger partial charge in [0.2, 0.25) is 17.8 Å². The topological polar surface area (TPSA) is 428 Å². The van der Waals surface area contributed by atoms with Crippen LogP contribution in [0.4, 0.5) is 17.8 Å². The zero-order chi connectivity index (χ0) is 70.0. The lowest BCUT2D eigenvalue weighted by Crippen LogP contribution is -2.54. The van der Waals surface area contributed by atoms with E-state index in [9.17, 15) is 28.7 Å². The van der Waals surface area contributed by atoms with E-state index < -0.39 is 96.8 Å². The normalized spacial score (nSPS) is 30.0. The molecule has 0 aliphatic carbocycles. The summed E-state index contributed by atoms with van der Waals surface area (Å²) in [5, 5.41) is 0. The summed E-state index contributed by atoms with van der Waals surface area (Å²) in [5.41, 5.74) is 12.9. The van der Waals surface area contributed by atoms with Gasteiger partial charge >= 0.3 is 14.5 Å². The lowest BCUT2D eigenvalue weighted by molar-refractivity contribution is -0.195. The van der Waals surface area contributed by atoms with E-state index in [1.54, 1.807) is 61.6 Å². The van der Waals surface area contributed by atoms with Crippen LogP contribution in [0, 0.1) is 16.2 Å². The Morgan fingerprint density at radius 2 is 0.821 bits per heavy atom. The quantitative estimate of drug-likeness (QED) is 0.0519. The van der Waals surface area contributed by atoms with E-state index >= 15 is 0 Å². The lowest BCUT2D eigenvalue weighted by Gasteiger charge is -2.44. The third kappa shape index (κ3) is 16.0. The van der Waals surface area contributed by atoms with Crippen LogP contribution >= 0.6 is 14.5 Å². The molecule has 5 unspecified atom stereocenters. The Labute approximate surface area is 554 Å². The van der Waals surface area contributed by atoms with E-state index in [0.29, 0.717) is 51.2 Å². The van der Waals surface area contributed by atoms with Crippen molar-refractivity contribution < 1.29 is 65.6 Å². The lowest BCUT2D eigenvalue weighted by atomic mass is 9.76. The summed E-state index contributed by atoms with van der Waals surface area (Å²) in [6.45, 7) is 33.4. The van der Waals surface area contributed by atoms with Crippen molar-refractivity contribution in [3.8, 4) is 0 Å². The Morgan fingerprint density at radius 1 is 0.516 bits per heavy atom. The van der Waals surface area contributed by atoms with Crippen LogP contribution in [0.25, 0.3) is 33.5 Å². The number of nitrogens with zero attached hydrogens (tertiary/aromatic N) is 9. The highest BCUT2D eigenvalue weighted by Gasteiger charge is 2.65. The number of ether oxygens (including phenoxy) is 7. The third-order valence-electron chi connectivity index (χ3n) is 16.3. The van der Waals surface area contributed by atoms with Gasteiger partial charge in [-0.3, -0.25) is 56.6 Å². The van der Waals surface area contributed by atoms with Crippen molar-refractivity contribution in [3.05, 3.63) is 50.0 Å².